The number of rotatable bonds is 3. The van der Waals surface area contributed by atoms with Crippen LogP contribution in [0.3, 0.4) is 0 Å². The molecule has 0 unspecified atom stereocenters. The molecular formula is C13H12O3. The van der Waals surface area contributed by atoms with E-state index in [0.717, 1.165) is 10.8 Å². The van der Waals surface area contributed by atoms with Crippen molar-refractivity contribution >= 4 is 16.7 Å². The van der Waals surface area contributed by atoms with Crippen molar-refractivity contribution in [3.63, 3.8) is 0 Å². The number of methoxy groups -OCH3 is 1. The van der Waals surface area contributed by atoms with Crippen molar-refractivity contribution in [2.45, 2.75) is 6.42 Å². The second kappa shape index (κ2) is 4.23. The minimum Gasteiger partial charge on any atom is -0.496 e. The SMILES string of the molecule is COc1cc2ccccc2cc1CC(=O)O. The van der Waals surface area contributed by atoms with Gasteiger partial charge in [-0.15, -0.1) is 0 Å². The Morgan fingerprint density at radius 2 is 1.88 bits per heavy atom. The molecule has 3 nitrogen and oxygen atoms in total. The summed E-state index contributed by atoms with van der Waals surface area (Å²) in [7, 11) is 1.55. The molecule has 0 atom stereocenters. The van der Waals surface area contributed by atoms with Crippen LogP contribution in [-0.2, 0) is 11.2 Å². The highest BCUT2D eigenvalue weighted by Crippen LogP contribution is 2.26. The first-order valence-corrected chi connectivity index (χ1v) is 4.98. The predicted octanol–water partition coefficient (Wildman–Crippen LogP) is 2.48. The molecule has 3 heteroatoms. The molecule has 0 aliphatic carbocycles. The standard InChI is InChI=1S/C13H12O3/c1-16-12-7-10-5-3-2-4-9(10)6-11(12)8-13(14)15/h2-7H,8H2,1H3,(H,14,15). The Kier molecular flexibility index (Phi) is 2.77. The summed E-state index contributed by atoms with van der Waals surface area (Å²) in [6, 6.07) is 11.5. The lowest BCUT2D eigenvalue weighted by atomic mass is 10.0. The van der Waals surface area contributed by atoms with E-state index in [1.54, 1.807) is 7.11 Å². The van der Waals surface area contributed by atoms with E-state index >= 15 is 0 Å². The molecule has 16 heavy (non-hydrogen) atoms. The third-order valence-electron chi connectivity index (χ3n) is 2.49. The number of fused-ring (bicyclic) bond motifs is 1. The first-order valence-electron chi connectivity index (χ1n) is 4.98. The molecule has 0 aliphatic heterocycles. The molecule has 1 N–H and O–H groups in total. The zero-order chi connectivity index (χ0) is 11.5. The molecule has 2 rings (SSSR count). The predicted molar refractivity (Wildman–Crippen MR) is 61.8 cm³/mol. The van der Waals surface area contributed by atoms with Gasteiger partial charge < -0.3 is 9.84 Å². The Balaban J connectivity index is 2.58. The number of carboxylic acid groups (broad SMARTS) is 1. The van der Waals surface area contributed by atoms with Gasteiger partial charge in [-0.25, -0.2) is 0 Å². The van der Waals surface area contributed by atoms with Gasteiger partial charge in [-0.1, -0.05) is 24.3 Å². The minimum absolute atomic E-state index is 0.0198. The van der Waals surface area contributed by atoms with Crippen LogP contribution in [0.5, 0.6) is 5.75 Å². The second-order valence-corrected chi connectivity index (χ2v) is 3.58. The van der Waals surface area contributed by atoms with Gasteiger partial charge in [0.05, 0.1) is 13.5 Å². The molecule has 0 aromatic heterocycles. The van der Waals surface area contributed by atoms with E-state index in [0.29, 0.717) is 11.3 Å². The van der Waals surface area contributed by atoms with Crippen LogP contribution in [0.1, 0.15) is 5.56 Å². The summed E-state index contributed by atoms with van der Waals surface area (Å²) in [6.07, 6.45) is -0.0198. The lowest BCUT2D eigenvalue weighted by Gasteiger charge is -2.08. The third kappa shape index (κ3) is 1.98. The molecule has 2 aromatic rings. The third-order valence-corrected chi connectivity index (χ3v) is 2.49. The van der Waals surface area contributed by atoms with Gasteiger partial charge >= 0.3 is 5.97 Å². The lowest BCUT2D eigenvalue weighted by molar-refractivity contribution is -0.136. The van der Waals surface area contributed by atoms with Gasteiger partial charge in [0.2, 0.25) is 0 Å². The molecule has 0 bridgehead atoms. The number of hydrogen-bond acceptors (Lipinski definition) is 2. The largest absolute Gasteiger partial charge is 0.496 e. The smallest absolute Gasteiger partial charge is 0.307 e. The van der Waals surface area contributed by atoms with Crippen LogP contribution >= 0.6 is 0 Å². The number of aliphatic carboxylic acids is 1. The van der Waals surface area contributed by atoms with Crippen LogP contribution in [0.2, 0.25) is 0 Å². The van der Waals surface area contributed by atoms with Crippen LogP contribution in [0.4, 0.5) is 0 Å². The topological polar surface area (TPSA) is 46.5 Å². The summed E-state index contributed by atoms with van der Waals surface area (Å²) in [6.45, 7) is 0. The van der Waals surface area contributed by atoms with Crippen molar-refractivity contribution in [2.24, 2.45) is 0 Å². The van der Waals surface area contributed by atoms with E-state index in [2.05, 4.69) is 0 Å². The van der Waals surface area contributed by atoms with Gasteiger partial charge in [-0.3, -0.25) is 4.79 Å². The van der Waals surface area contributed by atoms with E-state index in [9.17, 15) is 4.79 Å². The maximum atomic E-state index is 10.7. The summed E-state index contributed by atoms with van der Waals surface area (Å²) in [5, 5.41) is 10.9. The molecule has 0 saturated carbocycles. The molecular weight excluding hydrogens is 204 g/mol. The van der Waals surface area contributed by atoms with E-state index in [1.165, 1.54) is 0 Å². The highest BCUT2D eigenvalue weighted by atomic mass is 16.5. The monoisotopic (exact) mass is 216 g/mol. The summed E-state index contributed by atoms with van der Waals surface area (Å²) >= 11 is 0. The Bertz CT molecular complexity index is 532. The molecule has 82 valence electrons. The zero-order valence-electron chi connectivity index (χ0n) is 8.93. The van der Waals surface area contributed by atoms with Crippen molar-refractivity contribution in [3.05, 3.63) is 42.0 Å². The fraction of sp³-hybridized carbons (Fsp3) is 0.154. The Morgan fingerprint density at radius 3 is 2.44 bits per heavy atom. The highest BCUT2D eigenvalue weighted by Gasteiger charge is 2.08. The van der Waals surface area contributed by atoms with Gasteiger partial charge in [0.1, 0.15) is 5.75 Å². The Morgan fingerprint density at radius 1 is 1.25 bits per heavy atom. The average molecular weight is 216 g/mol. The zero-order valence-corrected chi connectivity index (χ0v) is 8.93. The van der Waals surface area contributed by atoms with Crippen LogP contribution in [0.25, 0.3) is 10.8 Å². The van der Waals surface area contributed by atoms with Gasteiger partial charge in [-0.2, -0.15) is 0 Å². The van der Waals surface area contributed by atoms with Gasteiger partial charge in [0.15, 0.2) is 0 Å². The number of hydrogen-bond donors (Lipinski definition) is 1. The summed E-state index contributed by atoms with van der Waals surface area (Å²) < 4.78 is 5.19. The number of benzene rings is 2. The van der Waals surface area contributed by atoms with Crippen molar-refractivity contribution in [1.82, 2.24) is 0 Å². The first-order chi connectivity index (χ1) is 7.70. The molecule has 0 radical (unpaired) electrons. The fourth-order valence-electron chi connectivity index (χ4n) is 1.76. The number of carbonyl (C=O) groups is 1. The lowest BCUT2D eigenvalue weighted by Crippen LogP contribution is -2.02. The molecule has 0 fully saturated rings. The Labute approximate surface area is 93.3 Å². The Hall–Kier alpha value is -2.03. The quantitative estimate of drug-likeness (QED) is 0.857. The van der Waals surface area contributed by atoms with E-state index in [-0.39, 0.29) is 6.42 Å². The number of ether oxygens (including phenoxy) is 1. The van der Waals surface area contributed by atoms with Gasteiger partial charge in [-0.05, 0) is 22.9 Å². The van der Waals surface area contributed by atoms with Crippen LogP contribution in [0.15, 0.2) is 36.4 Å². The van der Waals surface area contributed by atoms with E-state index < -0.39 is 5.97 Å². The first kappa shape index (κ1) is 10.5. The maximum Gasteiger partial charge on any atom is 0.307 e. The van der Waals surface area contributed by atoms with Gasteiger partial charge in [0.25, 0.3) is 0 Å². The molecule has 0 spiro atoms. The summed E-state index contributed by atoms with van der Waals surface area (Å²) in [4.78, 5) is 10.7. The van der Waals surface area contributed by atoms with Crippen LogP contribution in [0, 0.1) is 0 Å². The van der Waals surface area contributed by atoms with Crippen LogP contribution in [-0.4, -0.2) is 18.2 Å². The van der Waals surface area contributed by atoms with Crippen molar-refractivity contribution < 1.29 is 14.6 Å². The minimum atomic E-state index is -0.853. The van der Waals surface area contributed by atoms with E-state index in [4.69, 9.17) is 9.84 Å². The average Bonchev–Trinajstić information content (AvgIpc) is 2.27. The molecule has 0 amide bonds. The summed E-state index contributed by atoms with van der Waals surface area (Å²) in [5.74, 6) is -0.227. The normalized spacial score (nSPS) is 10.3. The van der Waals surface area contributed by atoms with Crippen molar-refractivity contribution in [2.75, 3.05) is 7.11 Å². The molecule has 0 aliphatic rings. The van der Waals surface area contributed by atoms with Crippen molar-refractivity contribution in [3.8, 4) is 5.75 Å². The van der Waals surface area contributed by atoms with Crippen LogP contribution < -0.4 is 4.74 Å². The fourth-order valence-corrected chi connectivity index (χ4v) is 1.76. The van der Waals surface area contributed by atoms with Gasteiger partial charge in [0, 0.05) is 5.56 Å². The molecule has 0 saturated heterocycles. The maximum absolute atomic E-state index is 10.7. The summed E-state index contributed by atoms with van der Waals surface area (Å²) in [5.41, 5.74) is 0.703. The van der Waals surface area contributed by atoms with E-state index in [1.807, 2.05) is 36.4 Å². The number of carboxylic acids is 1. The second-order valence-electron chi connectivity index (χ2n) is 3.58. The molecule has 2 aromatic carbocycles. The highest BCUT2D eigenvalue weighted by molar-refractivity contribution is 5.86. The van der Waals surface area contributed by atoms with Crippen molar-refractivity contribution in [1.29, 1.82) is 0 Å². The molecule has 0 heterocycles.